The number of hydrazine groups is 1. The number of carbonyl (C=O) groups excluding carboxylic acids is 1. The molecule has 0 bridgehead atoms. The number of carbonyl (C=O) groups is 1. The van der Waals surface area contributed by atoms with Gasteiger partial charge in [-0.25, -0.2) is 4.79 Å². The summed E-state index contributed by atoms with van der Waals surface area (Å²) in [4.78, 5) is 16.8. The van der Waals surface area contributed by atoms with E-state index in [4.69, 9.17) is 9.84 Å². The van der Waals surface area contributed by atoms with Gasteiger partial charge >= 0.3 is 18.5 Å². The number of halogens is 6. The summed E-state index contributed by atoms with van der Waals surface area (Å²) in [5.41, 5.74) is -1.40. The maximum absolute atomic E-state index is 13.4. The number of alkyl halides is 6. The molecule has 33 heavy (non-hydrogen) atoms. The van der Waals surface area contributed by atoms with Gasteiger partial charge in [0, 0.05) is 12.5 Å². The van der Waals surface area contributed by atoms with E-state index >= 15 is 0 Å². The van der Waals surface area contributed by atoms with Gasteiger partial charge in [-0.05, 0) is 24.3 Å². The summed E-state index contributed by atoms with van der Waals surface area (Å²) < 4.78 is 90.7. The van der Waals surface area contributed by atoms with Crippen LogP contribution in [-0.4, -0.2) is 66.2 Å². The molecule has 1 N–H and O–H groups in total. The molecule has 1 aromatic carbocycles. The van der Waals surface area contributed by atoms with Gasteiger partial charge in [0.15, 0.2) is 0 Å². The van der Waals surface area contributed by atoms with Crippen molar-refractivity contribution in [1.29, 1.82) is 0 Å². The number of ether oxygens (including phenoxy) is 3. The van der Waals surface area contributed by atoms with Crippen LogP contribution in [0.5, 0.6) is 11.5 Å². The molecule has 184 valence electrons. The fraction of sp³-hybridized carbons (Fsp3) is 0.471. The van der Waals surface area contributed by atoms with E-state index in [9.17, 15) is 36.3 Å². The van der Waals surface area contributed by atoms with Crippen molar-refractivity contribution in [1.82, 2.24) is 5.01 Å². The normalized spacial score (nSPS) is 17.3. The summed E-state index contributed by atoms with van der Waals surface area (Å²) in [5, 5.41) is 24.1. The monoisotopic (exact) mass is 489 g/mol. The Balaban J connectivity index is 2.24. The van der Waals surface area contributed by atoms with E-state index in [2.05, 4.69) is 19.6 Å². The Morgan fingerprint density at radius 2 is 2.00 bits per heavy atom. The molecule has 10 nitrogen and oxygen atoms in total. The van der Waals surface area contributed by atoms with Crippen LogP contribution in [0.25, 0.3) is 6.08 Å². The summed E-state index contributed by atoms with van der Waals surface area (Å²) in [7, 11) is 1.24. The smallest absolute Gasteiger partial charge is 0.569 e. The Morgan fingerprint density at radius 1 is 1.33 bits per heavy atom. The number of aliphatic hydroxyl groups is 1. The van der Waals surface area contributed by atoms with Gasteiger partial charge in [-0.15, -0.1) is 18.2 Å². The fourth-order valence-electron chi connectivity index (χ4n) is 2.43. The first-order valence-corrected chi connectivity index (χ1v) is 8.93. The SMILES string of the molecule is CC(O/N=[N+](\[O-])N(C)CCO)OC(=O)C1=Cc2cc(OC(F)(F)F)ccc2O[C@@H]1C(F)(F)F. The van der Waals surface area contributed by atoms with Crippen molar-refractivity contribution in [2.75, 3.05) is 20.2 Å². The number of hydrogen-bond acceptors (Lipinski definition) is 8. The van der Waals surface area contributed by atoms with Gasteiger partial charge in [0.2, 0.25) is 11.4 Å². The summed E-state index contributed by atoms with van der Waals surface area (Å²) >= 11 is 0. The second-order valence-corrected chi connectivity index (χ2v) is 6.40. The number of benzene rings is 1. The first kappa shape index (κ1) is 25.8. The van der Waals surface area contributed by atoms with E-state index in [1.807, 2.05) is 0 Å². The first-order valence-electron chi connectivity index (χ1n) is 8.93. The summed E-state index contributed by atoms with van der Waals surface area (Å²) in [5.74, 6) is -2.79. The Morgan fingerprint density at radius 3 is 2.58 bits per heavy atom. The van der Waals surface area contributed by atoms with Crippen LogP contribution in [0.3, 0.4) is 0 Å². The minimum atomic E-state index is -5.09. The first-order chi connectivity index (χ1) is 15.2. The second-order valence-electron chi connectivity index (χ2n) is 6.40. The number of nitrogens with zero attached hydrogens (tertiary/aromatic N) is 3. The molecular weight excluding hydrogens is 472 g/mol. The van der Waals surface area contributed by atoms with Crippen LogP contribution in [0.15, 0.2) is 29.0 Å². The van der Waals surface area contributed by atoms with Gasteiger partial charge in [0.1, 0.15) is 11.5 Å². The van der Waals surface area contributed by atoms with Crippen molar-refractivity contribution < 1.29 is 60.3 Å². The average Bonchev–Trinajstić information content (AvgIpc) is 2.69. The van der Waals surface area contributed by atoms with Gasteiger partial charge in [-0.1, -0.05) is 0 Å². The largest absolute Gasteiger partial charge is 0.573 e. The van der Waals surface area contributed by atoms with E-state index < -0.39 is 48.0 Å². The molecule has 0 aromatic heterocycles. The highest BCUT2D eigenvalue weighted by Gasteiger charge is 2.49. The molecule has 0 aliphatic carbocycles. The predicted octanol–water partition coefficient (Wildman–Crippen LogP) is 2.91. The van der Waals surface area contributed by atoms with Gasteiger partial charge in [-0.2, -0.15) is 13.2 Å². The van der Waals surface area contributed by atoms with E-state index in [0.717, 1.165) is 30.1 Å². The van der Waals surface area contributed by atoms with Crippen molar-refractivity contribution in [3.8, 4) is 11.5 Å². The van der Waals surface area contributed by atoms with E-state index in [-0.39, 0.29) is 23.7 Å². The molecule has 0 amide bonds. The lowest BCUT2D eigenvalue weighted by Gasteiger charge is -2.28. The molecule has 0 spiro atoms. The molecular formula is C17H17F6N3O7. The molecule has 0 radical (unpaired) electrons. The third kappa shape index (κ3) is 7.30. The highest BCUT2D eigenvalue weighted by atomic mass is 19.4. The van der Waals surface area contributed by atoms with Crippen LogP contribution < -0.4 is 9.47 Å². The van der Waals surface area contributed by atoms with Crippen LogP contribution in [-0.2, 0) is 14.4 Å². The molecule has 0 fully saturated rings. The highest BCUT2D eigenvalue weighted by Crippen LogP contribution is 2.39. The molecule has 1 unspecified atom stereocenters. The van der Waals surface area contributed by atoms with Crippen molar-refractivity contribution in [2.45, 2.75) is 31.9 Å². The zero-order valence-corrected chi connectivity index (χ0v) is 16.9. The molecule has 1 aromatic rings. The lowest BCUT2D eigenvalue weighted by Crippen LogP contribution is -2.41. The second kappa shape index (κ2) is 10.0. The van der Waals surface area contributed by atoms with Crippen LogP contribution in [0, 0.1) is 5.21 Å². The van der Waals surface area contributed by atoms with Crippen molar-refractivity contribution >= 4 is 12.0 Å². The molecule has 2 atom stereocenters. The summed E-state index contributed by atoms with van der Waals surface area (Å²) in [6.45, 7) is 0.526. The molecule has 1 aliphatic heterocycles. The standard InChI is InChI=1S/C17H17F6N3O7/c1-9(33-24-26(29)25(2)5-6-27)30-15(28)12-8-10-7-11(32-17(21,22)23)3-4-13(10)31-14(12)16(18,19)20/h3-4,7-9,14,27H,5-6H2,1-2H3/b26-24-/t9?,14-/m0/s1. The van der Waals surface area contributed by atoms with E-state index in [1.165, 1.54) is 7.05 Å². The molecule has 2 rings (SSSR count). The minimum absolute atomic E-state index is 0.111. The number of likely N-dealkylation sites (N-methyl/N-ethyl adjacent to an activating group) is 1. The Hall–Kier alpha value is -3.43. The highest BCUT2D eigenvalue weighted by molar-refractivity contribution is 5.96. The number of hydrogen-bond donors (Lipinski definition) is 1. The van der Waals surface area contributed by atoms with Gasteiger partial charge in [0.05, 0.1) is 30.7 Å². The zero-order chi connectivity index (χ0) is 25.0. The Kier molecular flexibility index (Phi) is 7.84. The topological polar surface area (TPSA) is 116 Å². The summed E-state index contributed by atoms with van der Waals surface area (Å²) in [6, 6.07) is 2.30. The molecule has 0 saturated carbocycles. The lowest BCUT2D eigenvalue weighted by molar-refractivity contribution is -0.707. The zero-order valence-electron chi connectivity index (χ0n) is 16.9. The van der Waals surface area contributed by atoms with E-state index in [1.54, 1.807) is 0 Å². The Bertz CT molecular complexity index is 919. The summed E-state index contributed by atoms with van der Waals surface area (Å²) in [6.07, 6.45) is -13.9. The van der Waals surface area contributed by atoms with Crippen molar-refractivity contribution in [2.24, 2.45) is 5.28 Å². The molecule has 0 saturated heterocycles. The van der Waals surface area contributed by atoms with Gasteiger partial charge in [-0.3, -0.25) is 4.84 Å². The number of aliphatic hydroxyl groups excluding tert-OH is 1. The predicted molar refractivity (Wildman–Crippen MR) is 94.0 cm³/mol. The van der Waals surface area contributed by atoms with Crippen LogP contribution in [0.1, 0.15) is 12.5 Å². The third-order valence-electron chi connectivity index (χ3n) is 3.84. The maximum atomic E-state index is 13.4. The van der Waals surface area contributed by atoms with E-state index in [0.29, 0.717) is 6.08 Å². The lowest BCUT2D eigenvalue weighted by atomic mass is 10.0. The van der Waals surface area contributed by atoms with Crippen LogP contribution in [0.4, 0.5) is 26.3 Å². The minimum Gasteiger partial charge on any atom is -0.569 e. The number of rotatable bonds is 8. The van der Waals surface area contributed by atoms with Gasteiger partial charge in [0.25, 0.3) is 6.29 Å². The third-order valence-corrected chi connectivity index (χ3v) is 3.84. The number of esters is 1. The maximum Gasteiger partial charge on any atom is 0.573 e. The molecule has 1 heterocycles. The Labute approximate surface area is 181 Å². The molecule has 1 aliphatic rings. The quantitative estimate of drug-likeness (QED) is 0.148. The number of fused-ring (bicyclic) bond motifs is 1. The van der Waals surface area contributed by atoms with Crippen LogP contribution >= 0.6 is 0 Å². The molecule has 16 heteroatoms. The van der Waals surface area contributed by atoms with Crippen LogP contribution in [0.2, 0.25) is 0 Å². The van der Waals surface area contributed by atoms with Gasteiger partial charge < -0.3 is 24.5 Å². The fourth-order valence-corrected chi connectivity index (χ4v) is 2.43. The average molecular weight is 489 g/mol. The van der Waals surface area contributed by atoms with Crippen molar-refractivity contribution in [3.05, 3.63) is 34.5 Å². The van der Waals surface area contributed by atoms with Crippen molar-refractivity contribution in [3.63, 3.8) is 0 Å².